The van der Waals surface area contributed by atoms with Crippen molar-refractivity contribution >= 4 is 5.69 Å². The minimum absolute atomic E-state index is 0.618. The lowest BCUT2D eigenvalue weighted by Crippen LogP contribution is -2.30. The van der Waals surface area contributed by atoms with Crippen LogP contribution in [0.2, 0.25) is 0 Å². The van der Waals surface area contributed by atoms with Crippen molar-refractivity contribution in [2.45, 2.75) is 12.3 Å². The molecule has 0 spiro atoms. The number of nitrogens with zero attached hydrogens (tertiary/aromatic N) is 2. The highest BCUT2D eigenvalue weighted by molar-refractivity contribution is 5.52. The zero-order chi connectivity index (χ0) is 13.2. The van der Waals surface area contributed by atoms with Crippen LogP contribution < -0.4 is 4.90 Å². The maximum atomic E-state index is 8.94. The Morgan fingerprint density at radius 2 is 2.05 bits per heavy atom. The molecule has 1 aliphatic rings. The summed E-state index contributed by atoms with van der Waals surface area (Å²) in [6.07, 6.45) is 1.17. The average Bonchev–Trinajstić information content (AvgIpc) is 2.44. The van der Waals surface area contributed by atoms with E-state index in [0.717, 1.165) is 17.8 Å². The Labute approximate surface area is 113 Å². The van der Waals surface area contributed by atoms with Gasteiger partial charge in [0.1, 0.15) is 0 Å². The first-order valence-electron chi connectivity index (χ1n) is 6.57. The van der Waals surface area contributed by atoms with Crippen molar-refractivity contribution < 1.29 is 0 Å². The van der Waals surface area contributed by atoms with Gasteiger partial charge in [0.25, 0.3) is 0 Å². The highest BCUT2D eigenvalue weighted by atomic mass is 15.1. The van der Waals surface area contributed by atoms with Crippen molar-refractivity contribution in [3.05, 3.63) is 65.2 Å². The van der Waals surface area contributed by atoms with Gasteiger partial charge in [-0.2, -0.15) is 5.26 Å². The number of rotatable bonds is 3. The van der Waals surface area contributed by atoms with Crippen molar-refractivity contribution in [1.29, 1.82) is 5.26 Å². The molecule has 0 radical (unpaired) electrons. The summed E-state index contributed by atoms with van der Waals surface area (Å²) < 4.78 is 0. The molecule has 2 aromatic rings. The molecule has 0 saturated carbocycles. The second-order valence-electron chi connectivity index (χ2n) is 5.14. The molecular formula is C17H16N2. The summed E-state index contributed by atoms with van der Waals surface area (Å²) in [6.45, 7) is 1.01. The molecule has 2 aromatic carbocycles. The van der Waals surface area contributed by atoms with E-state index in [1.165, 1.54) is 17.5 Å². The van der Waals surface area contributed by atoms with E-state index >= 15 is 0 Å². The minimum Gasteiger partial charge on any atom is -0.374 e. The van der Waals surface area contributed by atoms with Gasteiger partial charge < -0.3 is 4.90 Å². The van der Waals surface area contributed by atoms with Crippen LogP contribution in [0.3, 0.4) is 0 Å². The molecular weight excluding hydrogens is 232 g/mol. The summed E-state index contributed by atoms with van der Waals surface area (Å²) in [7, 11) is 2.09. The van der Waals surface area contributed by atoms with Crippen molar-refractivity contribution in [3.63, 3.8) is 0 Å². The van der Waals surface area contributed by atoms with E-state index in [4.69, 9.17) is 5.26 Å². The molecule has 0 N–H and O–H groups in total. The fraction of sp³-hybridized carbons (Fsp3) is 0.235. The lowest BCUT2D eigenvalue weighted by Gasteiger charge is -2.34. The van der Waals surface area contributed by atoms with Gasteiger partial charge in [0.15, 0.2) is 0 Å². The maximum absolute atomic E-state index is 8.94. The lowest BCUT2D eigenvalue weighted by atomic mass is 9.77. The minimum atomic E-state index is 0.618. The van der Waals surface area contributed by atoms with Crippen LogP contribution >= 0.6 is 0 Å². The standard InChI is InChI=1S/C17H16N2/c1-19(16-7-4-5-13(9-16)11-18)12-15-10-14-6-2-3-8-17(14)15/h2-9,15H,10,12H2,1H3. The maximum Gasteiger partial charge on any atom is 0.0992 e. The highest BCUT2D eigenvalue weighted by Gasteiger charge is 2.26. The summed E-state index contributed by atoms with van der Waals surface area (Å²) in [5.41, 5.74) is 4.79. The molecule has 0 aromatic heterocycles. The monoisotopic (exact) mass is 248 g/mol. The van der Waals surface area contributed by atoms with Crippen LogP contribution in [-0.4, -0.2) is 13.6 Å². The second-order valence-corrected chi connectivity index (χ2v) is 5.14. The smallest absolute Gasteiger partial charge is 0.0992 e. The molecule has 2 heteroatoms. The largest absolute Gasteiger partial charge is 0.374 e. The van der Waals surface area contributed by atoms with Gasteiger partial charge in [-0.15, -0.1) is 0 Å². The van der Waals surface area contributed by atoms with E-state index in [-0.39, 0.29) is 0 Å². The van der Waals surface area contributed by atoms with Crippen molar-refractivity contribution in [2.24, 2.45) is 0 Å². The summed E-state index contributed by atoms with van der Waals surface area (Å²) in [5.74, 6) is 0.618. The van der Waals surface area contributed by atoms with Crippen molar-refractivity contribution in [3.8, 4) is 6.07 Å². The van der Waals surface area contributed by atoms with Crippen LogP contribution in [0.4, 0.5) is 5.69 Å². The number of anilines is 1. The Balaban J connectivity index is 1.73. The molecule has 0 heterocycles. The predicted octanol–water partition coefficient (Wildman–Crippen LogP) is 3.33. The van der Waals surface area contributed by atoms with Crippen LogP contribution in [0.25, 0.3) is 0 Å². The number of hydrogen-bond donors (Lipinski definition) is 0. The third kappa shape index (κ3) is 2.20. The van der Waals surface area contributed by atoms with E-state index in [1.54, 1.807) is 0 Å². The van der Waals surface area contributed by atoms with E-state index in [1.807, 2.05) is 18.2 Å². The molecule has 19 heavy (non-hydrogen) atoms. The number of likely N-dealkylation sites (N-methyl/N-ethyl adjacent to an activating group) is 1. The molecule has 1 unspecified atom stereocenters. The Kier molecular flexibility index (Phi) is 2.97. The zero-order valence-electron chi connectivity index (χ0n) is 11.0. The van der Waals surface area contributed by atoms with Gasteiger partial charge >= 0.3 is 0 Å². The van der Waals surface area contributed by atoms with E-state index in [9.17, 15) is 0 Å². The van der Waals surface area contributed by atoms with Gasteiger partial charge in [0, 0.05) is 25.2 Å². The second kappa shape index (κ2) is 4.78. The Hall–Kier alpha value is -2.27. The topological polar surface area (TPSA) is 27.0 Å². The number of fused-ring (bicyclic) bond motifs is 1. The molecule has 0 fully saturated rings. The Morgan fingerprint density at radius 1 is 1.21 bits per heavy atom. The van der Waals surface area contributed by atoms with Crippen molar-refractivity contribution in [2.75, 3.05) is 18.5 Å². The SMILES string of the molecule is CN(CC1Cc2ccccc21)c1cccc(C#N)c1. The molecule has 94 valence electrons. The van der Waals surface area contributed by atoms with Crippen LogP contribution in [0.1, 0.15) is 22.6 Å². The normalized spacial score (nSPS) is 16.1. The third-order valence-corrected chi connectivity index (χ3v) is 3.87. The van der Waals surface area contributed by atoms with Crippen molar-refractivity contribution in [1.82, 2.24) is 0 Å². The van der Waals surface area contributed by atoms with Gasteiger partial charge in [-0.3, -0.25) is 0 Å². The Bertz CT molecular complexity index is 640. The number of nitriles is 1. The summed E-state index contributed by atoms with van der Waals surface area (Å²) in [6, 6.07) is 18.6. The van der Waals surface area contributed by atoms with E-state index in [2.05, 4.69) is 48.3 Å². The molecule has 0 bridgehead atoms. The highest BCUT2D eigenvalue weighted by Crippen LogP contribution is 2.35. The van der Waals surface area contributed by atoms with Gasteiger partial charge in [-0.1, -0.05) is 30.3 Å². The first-order valence-corrected chi connectivity index (χ1v) is 6.57. The third-order valence-electron chi connectivity index (χ3n) is 3.87. The van der Waals surface area contributed by atoms with E-state index < -0.39 is 0 Å². The fourth-order valence-corrected chi connectivity index (χ4v) is 2.77. The molecule has 0 saturated heterocycles. The molecule has 2 nitrogen and oxygen atoms in total. The zero-order valence-corrected chi connectivity index (χ0v) is 11.0. The van der Waals surface area contributed by atoms with E-state index in [0.29, 0.717) is 5.92 Å². The molecule has 0 aliphatic heterocycles. The van der Waals surface area contributed by atoms with Crippen LogP contribution in [0, 0.1) is 11.3 Å². The lowest BCUT2D eigenvalue weighted by molar-refractivity contribution is 0.601. The number of benzene rings is 2. The predicted molar refractivity (Wildman–Crippen MR) is 77.3 cm³/mol. The molecule has 1 atom stereocenters. The van der Waals surface area contributed by atoms with Gasteiger partial charge in [0.05, 0.1) is 11.6 Å². The molecule has 0 amide bonds. The quantitative estimate of drug-likeness (QED) is 0.833. The van der Waals surface area contributed by atoms with Crippen LogP contribution in [0.15, 0.2) is 48.5 Å². The van der Waals surface area contributed by atoms with Gasteiger partial charge in [-0.25, -0.2) is 0 Å². The van der Waals surface area contributed by atoms with Gasteiger partial charge in [-0.05, 0) is 35.7 Å². The van der Waals surface area contributed by atoms with Crippen LogP contribution in [-0.2, 0) is 6.42 Å². The first kappa shape index (κ1) is 11.8. The Morgan fingerprint density at radius 3 is 2.84 bits per heavy atom. The summed E-state index contributed by atoms with van der Waals surface area (Å²) >= 11 is 0. The summed E-state index contributed by atoms with van der Waals surface area (Å²) in [5, 5.41) is 8.94. The van der Waals surface area contributed by atoms with Gasteiger partial charge in [0.2, 0.25) is 0 Å². The fourth-order valence-electron chi connectivity index (χ4n) is 2.77. The average molecular weight is 248 g/mol. The first-order chi connectivity index (χ1) is 9.28. The molecule has 3 rings (SSSR count). The summed E-state index contributed by atoms with van der Waals surface area (Å²) in [4.78, 5) is 2.24. The number of hydrogen-bond acceptors (Lipinski definition) is 2. The molecule has 1 aliphatic carbocycles. The van der Waals surface area contributed by atoms with Crippen LogP contribution in [0.5, 0.6) is 0 Å².